The lowest BCUT2D eigenvalue weighted by atomic mass is 10.2. The Kier molecular flexibility index (Phi) is 5.80. The van der Waals surface area contributed by atoms with Crippen molar-refractivity contribution in [3.05, 3.63) is 29.8 Å². The molecule has 1 aliphatic heterocycles. The molecule has 0 amide bonds. The zero-order valence-corrected chi connectivity index (χ0v) is 13.2. The highest BCUT2D eigenvalue weighted by Crippen LogP contribution is 2.14. The number of thiocarbonyl (C=S) groups is 1. The van der Waals surface area contributed by atoms with Crippen molar-refractivity contribution in [2.24, 2.45) is 0 Å². The number of hydrogen-bond donors (Lipinski definition) is 1. The molecule has 0 bridgehead atoms. The molecular formula is C16H24N2OS. The molecule has 1 N–H and O–H groups in total. The number of benzene rings is 1. The van der Waals surface area contributed by atoms with E-state index in [1.54, 1.807) is 0 Å². The van der Waals surface area contributed by atoms with Crippen molar-refractivity contribution in [3.8, 4) is 5.75 Å². The molecule has 0 saturated carbocycles. The molecule has 1 saturated heterocycles. The Balaban J connectivity index is 1.76. The minimum Gasteiger partial charge on any atom is -0.491 e. The maximum Gasteiger partial charge on any atom is 0.119 e. The molecule has 1 aromatic rings. The second kappa shape index (κ2) is 7.60. The number of nitrogens with one attached hydrogen (secondary N) is 1. The Hall–Kier alpha value is -1.13. The summed E-state index contributed by atoms with van der Waals surface area (Å²) in [5, 5.41) is 3.34. The van der Waals surface area contributed by atoms with Gasteiger partial charge in [-0.25, -0.2) is 0 Å². The minimum atomic E-state index is 0.200. The molecule has 2 rings (SSSR count). The van der Waals surface area contributed by atoms with Crippen molar-refractivity contribution < 1.29 is 4.74 Å². The molecule has 1 fully saturated rings. The molecular weight excluding hydrogens is 268 g/mol. The first-order chi connectivity index (χ1) is 9.65. The van der Waals surface area contributed by atoms with Crippen molar-refractivity contribution in [2.75, 3.05) is 26.2 Å². The maximum absolute atomic E-state index is 5.63. The smallest absolute Gasteiger partial charge is 0.119 e. The van der Waals surface area contributed by atoms with Crippen LogP contribution in [0.4, 0.5) is 0 Å². The van der Waals surface area contributed by atoms with Gasteiger partial charge in [0.2, 0.25) is 0 Å². The first kappa shape index (κ1) is 15.3. The van der Waals surface area contributed by atoms with Gasteiger partial charge in [-0.1, -0.05) is 12.2 Å². The average Bonchev–Trinajstić information content (AvgIpc) is 2.92. The normalized spacial score (nSPS) is 15.6. The van der Waals surface area contributed by atoms with Gasteiger partial charge in [0.05, 0.1) is 6.10 Å². The van der Waals surface area contributed by atoms with Gasteiger partial charge in [-0.05, 0) is 64.0 Å². The summed E-state index contributed by atoms with van der Waals surface area (Å²) in [4.78, 5) is 3.30. The standard InChI is InChI=1S/C16H24N2OS/c1-13(2)19-15-7-5-14(6-8-15)16(20)17-9-12-18-10-3-4-11-18/h5-8,13H,3-4,9-12H2,1-2H3,(H,17,20). The number of ether oxygens (including phenoxy) is 1. The second-order valence-electron chi connectivity index (χ2n) is 5.50. The molecule has 1 aromatic carbocycles. The predicted molar refractivity (Wildman–Crippen MR) is 87.6 cm³/mol. The van der Waals surface area contributed by atoms with E-state index in [1.165, 1.54) is 25.9 Å². The third-order valence-corrected chi connectivity index (χ3v) is 3.78. The molecule has 3 nitrogen and oxygen atoms in total. The van der Waals surface area contributed by atoms with Gasteiger partial charge < -0.3 is 15.0 Å². The lowest BCUT2D eigenvalue weighted by Gasteiger charge is -2.16. The summed E-state index contributed by atoms with van der Waals surface area (Å²) in [6.45, 7) is 8.51. The molecule has 0 aliphatic carbocycles. The lowest BCUT2D eigenvalue weighted by molar-refractivity contribution is 0.242. The van der Waals surface area contributed by atoms with E-state index in [1.807, 2.05) is 38.1 Å². The van der Waals surface area contributed by atoms with E-state index in [0.717, 1.165) is 29.4 Å². The highest BCUT2D eigenvalue weighted by Gasteiger charge is 2.10. The van der Waals surface area contributed by atoms with E-state index >= 15 is 0 Å². The molecule has 1 aliphatic rings. The Morgan fingerprint density at radius 2 is 1.90 bits per heavy atom. The van der Waals surface area contributed by atoms with Gasteiger partial charge in [0.25, 0.3) is 0 Å². The van der Waals surface area contributed by atoms with Crippen molar-refractivity contribution in [1.82, 2.24) is 10.2 Å². The Morgan fingerprint density at radius 3 is 2.50 bits per heavy atom. The average molecular weight is 292 g/mol. The summed E-state index contributed by atoms with van der Waals surface area (Å²) in [7, 11) is 0. The molecule has 1 heterocycles. The quantitative estimate of drug-likeness (QED) is 0.815. The van der Waals surface area contributed by atoms with Crippen LogP contribution >= 0.6 is 12.2 Å². The van der Waals surface area contributed by atoms with Crippen molar-refractivity contribution >= 4 is 17.2 Å². The fraction of sp³-hybridized carbons (Fsp3) is 0.562. The molecule has 0 atom stereocenters. The van der Waals surface area contributed by atoms with Crippen LogP contribution in [0.1, 0.15) is 32.3 Å². The predicted octanol–water partition coefficient (Wildman–Crippen LogP) is 2.83. The summed E-state index contributed by atoms with van der Waals surface area (Å²) in [5.74, 6) is 0.892. The van der Waals surface area contributed by atoms with Crippen molar-refractivity contribution in [2.45, 2.75) is 32.8 Å². The molecule has 0 unspecified atom stereocenters. The molecule has 0 radical (unpaired) electrons. The van der Waals surface area contributed by atoms with Crippen molar-refractivity contribution in [1.29, 1.82) is 0 Å². The minimum absolute atomic E-state index is 0.200. The Labute approximate surface area is 127 Å². The van der Waals surface area contributed by atoms with Gasteiger partial charge in [-0.2, -0.15) is 0 Å². The van der Waals surface area contributed by atoms with Crippen LogP contribution in [0.2, 0.25) is 0 Å². The summed E-state index contributed by atoms with van der Waals surface area (Å²) in [5.41, 5.74) is 1.05. The van der Waals surface area contributed by atoms with Crippen LogP contribution in [0.15, 0.2) is 24.3 Å². The highest BCUT2D eigenvalue weighted by molar-refractivity contribution is 7.80. The summed E-state index contributed by atoms with van der Waals surface area (Å²) in [6, 6.07) is 7.99. The van der Waals surface area contributed by atoms with E-state index in [2.05, 4.69) is 10.2 Å². The van der Waals surface area contributed by atoms with Crippen LogP contribution in [0, 0.1) is 0 Å². The monoisotopic (exact) mass is 292 g/mol. The number of hydrogen-bond acceptors (Lipinski definition) is 3. The van der Waals surface area contributed by atoms with Gasteiger partial charge in [-0.3, -0.25) is 0 Å². The zero-order valence-electron chi connectivity index (χ0n) is 12.4. The van der Waals surface area contributed by atoms with Gasteiger partial charge in [0.15, 0.2) is 0 Å². The fourth-order valence-corrected chi connectivity index (χ4v) is 2.63. The van der Waals surface area contributed by atoms with Gasteiger partial charge in [-0.15, -0.1) is 0 Å². The number of rotatable bonds is 6. The van der Waals surface area contributed by atoms with Gasteiger partial charge in [0.1, 0.15) is 10.7 Å². The van der Waals surface area contributed by atoms with Gasteiger partial charge in [0, 0.05) is 18.7 Å². The molecule has 110 valence electrons. The highest BCUT2D eigenvalue weighted by atomic mass is 32.1. The van der Waals surface area contributed by atoms with E-state index in [-0.39, 0.29) is 6.10 Å². The number of likely N-dealkylation sites (tertiary alicyclic amines) is 1. The SMILES string of the molecule is CC(C)Oc1ccc(C(=S)NCCN2CCCC2)cc1. The largest absolute Gasteiger partial charge is 0.491 e. The summed E-state index contributed by atoms with van der Waals surface area (Å²) < 4.78 is 5.63. The van der Waals surface area contributed by atoms with E-state index in [4.69, 9.17) is 17.0 Å². The molecule has 0 spiro atoms. The van der Waals surface area contributed by atoms with Crippen LogP contribution in [-0.4, -0.2) is 42.2 Å². The Bertz CT molecular complexity index is 425. The third kappa shape index (κ3) is 4.76. The third-order valence-electron chi connectivity index (χ3n) is 3.40. The lowest BCUT2D eigenvalue weighted by Crippen LogP contribution is -2.32. The fourth-order valence-electron chi connectivity index (χ4n) is 2.39. The van der Waals surface area contributed by atoms with Crippen LogP contribution in [0.3, 0.4) is 0 Å². The zero-order chi connectivity index (χ0) is 14.4. The summed E-state index contributed by atoms with van der Waals surface area (Å²) >= 11 is 5.42. The van der Waals surface area contributed by atoms with E-state index in [9.17, 15) is 0 Å². The first-order valence-electron chi connectivity index (χ1n) is 7.42. The first-order valence-corrected chi connectivity index (χ1v) is 7.83. The number of nitrogens with zero attached hydrogens (tertiary/aromatic N) is 1. The van der Waals surface area contributed by atoms with Crippen LogP contribution in [-0.2, 0) is 0 Å². The maximum atomic E-state index is 5.63. The molecule has 20 heavy (non-hydrogen) atoms. The molecule has 4 heteroatoms. The summed E-state index contributed by atoms with van der Waals surface area (Å²) in [6.07, 6.45) is 2.87. The van der Waals surface area contributed by atoms with Gasteiger partial charge >= 0.3 is 0 Å². The van der Waals surface area contributed by atoms with E-state index in [0.29, 0.717) is 0 Å². The topological polar surface area (TPSA) is 24.5 Å². The second-order valence-corrected chi connectivity index (χ2v) is 5.90. The Morgan fingerprint density at radius 1 is 1.25 bits per heavy atom. The van der Waals surface area contributed by atoms with Crippen LogP contribution in [0.5, 0.6) is 5.75 Å². The van der Waals surface area contributed by atoms with Crippen LogP contribution in [0.25, 0.3) is 0 Å². The molecule has 0 aromatic heterocycles. The van der Waals surface area contributed by atoms with Crippen molar-refractivity contribution in [3.63, 3.8) is 0 Å². The van der Waals surface area contributed by atoms with Crippen LogP contribution < -0.4 is 10.1 Å². The van der Waals surface area contributed by atoms with E-state index < -0.39 is 0 Å².